The molecule has 2 aliphatic rings. The number of aryl methyl sites for hydroxylation is 1. The van der Waals surface area contributed by atoms with E-state index in [2.05, 4.69) is 0 Å². The number of esters is 1. The molecule has 0 spiro atoms. The molecule has 2 aliphatic carbocycles. The SMILES string of the molecule is COC(=O)[C@@]12CC(C)=C[C@@H](Cc3c(C)cccc31)C2=O. The molecule has 0 radical (unpaired) electrons. The van der Waals surface area contributed by atoms with E-state index in [1.165, 1.54) is 7.11 Å². The summed E-state index contributed by atoms with van der Waals surface area (Å²) in [4.78, 5) is 25.3. The Morgan fingerprint density at radius 3 is 2.80 bits per heavy atom. The molecular weight excluding hydrogens is 252 g/mol. The van der Waals surface area contributed by atoms with Crippen molar-refractivity contribution in [3.8, 4) is 0 Å². The van der Waals surface area contributed by atoms with Gasteiger partial charge in [-0.2, -0.15) is 0 Å². The predicted molar refractivity (Wildman–Crippen MR) is 75.4 cm³/mol. The first kappa shape index (κ1) is 13.1. The van der Waals surface area contributed by atoms with Gasteiger partial charge in [0.25, 0.3) is 0 Å². The minimum atomic E-state index is -1.13. The zero-order valence-corrected chi connectivity index (χ0v) is 12.0. The van der Waals surface area contributed by atoms with Crippen LogP contribution in [0.15, 0.2) is 29.8 Å². The van der Waals surface area contributed by atoms with E-state index in [1.807, 2.05) is 38.1 Å². The Kier molecular flexibility index (Phi) is 2.82. The number of fused-ring (bicyclic) bond motifs is 4. The van der Waals surface area contributed by atoms with Gasteiger partial charge in [-0.05, 0) is 43.4 Å². The van der Waals surface area contributed by atoms with Crippen molar-refractivity contribution in [1.29, 1.82) is 0 Å². The molecule has 1 aromatic carbocycles. The summed E-state index contributed by atoms with van der Waals surface area (Å²) in [5.41, 5.74) is 3.08. The maximum absolute atomic E-state index is 12.8. The molecule has 0 aliphatic heterocycles. The van der Waals surface area contributed by atoms with Gasteiger partial charge < -0.3 is 4.74 Å². The summed E-state index contributed by atoms with van der Waals surface area (Å²) < 4.78 is 4.99. The van der Waals surface area contributed by atoms with Crippen LogP contribution in [0.1, 0.15) is 30.0 Å². The summed E-state index contributed by atoms with van der Waals surface area (Å²) in [5, 5.41) is 0. The lowest BCUT2D eigenvalue weighted by atomic mass is 9.59. The molecule has 0 N–H and O–H groups in total. The van der Waals surface area contributed by atoms with Gasteiger partial charge in [-0.1, -0.05) is 29.8 Å². The van der Waals surface area contributed by atoms with E-state index in [0.717, 1.165) is 22.3 Å². The molecule has 0 aromatic heterocycles. The van der Waals surface area contributed by atoms with Crippen molar-refractivity contribution in [1.82, 2.24) is 0 Å². The van der Waals surface area contributed by atoms with Gasteiger partial charge in [-0.3, -0.25) is 9.59 Å². The highest BCUT2D eigenvalue weighted by atomic mass is 16.5. The lowest BCUT2D eigenvalue weighted by molar-refractivity contribution is -0.154. The third-order valence-corrected chi connectivity index (χ3v) is 4.62. The lowest BCUT2D eigenvalue weighted by Gasteiger charge is -2.42. The molecule has 2 atom stereocenters. The van der Waals surface area contributed by atoms with E-state index in [-0.39, 0.29) is 11.7 Å². The minimum absolute atomic E-state index is 0.00644. The topological polar surface area (TPSA) is 43.4 Å². The highest BCUT2D eigenvalue weighted by Crippen LogP contribution is 2.47. The Morgan fingerprint density at radius 2 is 2.10 bits per heavy atom. The van der Waals surface area contributed by atoms with Gasteiger partial charge in [0.15, 0.2) is 11.2 Å². The van der Waals surface area contributed by atoms with Crippen molar-refractivity contribution in [2.75, 3.05) is 7.11 Å². The predicted octanol–water partition coefficient (Wildman–Crippen LogP) is 2.50. The molecule has 2 bridgehead atoms. The van der Waals surface area contributed by atoms with Gasteiger partial charge in [0, 0.05) is 5.92 Å². The number of allylic oxidation sites excluding steroid dienone is 2. The van der Waals surface area contributed by atoms with Crippen LogP contribution < -0.4 is 0 Å². The smallest absolute Gasteiger partial charge is 0.324 e. The van der Waals surface area contributed by atoms with E-state index < -0.39 is 11.4 Å². The highest BCUT2D eigenvalue weighted by Gasteiger charge is 2.56. The first-order valence-electron chi connectivity index (χ1n) is 6.89. The average Bonchev–Trinajstić information content (AvgIpc) is 2.41. The minimum Gasteiger partial charge on any atom is -0.468 e. The largest absolute Gasteiger partial charge is 0.468 e. The number of Topliss-reactive ketones (excluding diaryl/α,β-unsaturated/α-hetero) is 1. The molecule has 0 fully saturated rings. The zero-order valence-electron chi connectivity index (χ0n) is 12.0. The van der Waals surface area contributed by atoms with Gasteiger partial charge in [-0.15, -0.1) is 0 Å². The summed E-state index contributed by atoms with van der Waals surface area (Å²) in [6, 6.07) is 5.86. The van der Waals surface area contributed by atoms with E-state index in [0.29, 0.717) is 12.8 Å². The number of hydrogen-bond acceptors (Lipinski definition) is 3. The van der Waals surface area contributed by atoms with Crippen LogP contribution in [0.25, 0.3) is 0 Å². The highest BCUT2D eigenvalue weighted by molar-refractivity contribution is 6.13. The van der Waals surface area contributed by atoms with E-state index in [4.69, 9.17) is 4.74 Å². The quantitative estimate of drug-likeness (QED) is 0.447. The maximum atomic E-state index is 12.8. The van der Waals surface area contributed by atoms with Crippen molar-refractivity contribution < 1.29 is 14.3 Å². The van der Waals surface area contributed by atoms with Gasteiger partial charge in [0.1, 0.15) is 0 Å². The van der Waals surface area contributed by atoms with Crippen molar-refractivity contribution in [3.05, 3.63) is 46.5 Å². The Labute approximate surface area is 118 Å². The molecule has 3 heteroatoms. The molecule has 1 aromatic rings. The van der Waals surface area contributed by atoms with Crippen LogP contribution in [0.4, 0.5) is 0 Å². The second-order valence-corrected chi connectivity index (χ2v) is 5.86. The van der Waals surface area contributed by atoms with E-state index in [9.17, 15) is 9.59 Å². The molecule has 20 heavy (non-hydrogen) atoms. The first-order valence-corrected chi connectivity index (χ1v) is 6.89. The molecule has 3 nitrogen and oxygen atoms in total. The van der Waals surface area contributed by atoms with Crippen molar-refractivity contribution >= 4 is 11.8 Å². The molecule has 0 heterocycles. The van der Waals surface area contributed by atoms with Crippen LogP contribution in [-0.4, -0.2) is 18.9 Å². The number of ether oxygens (including phenoxy) is 1. The number of rotatable bonds is 1. The standard InChI is InChI=1S/C17H18O3/c1-10-7-12-8-13-11(2)5-4-6-14(13)17(9-10,15(12)18)16(19)20-3/h4-7,12H,8-9H2,1-3H3/t12-,17-/m0/s1. The van der Waals surface area contributed by atoms with Gasteiger partial charge in [0.05, 0.1) is 7.11 Å². The number of benzene rings is 1. The Hall–Kier alpha value is -1.90. The number of carbonyl (C=O) groups excluding carboxylic acids is 2. The summed E-state index contributed by atoms with van der Waals surface area (Å²) in [6.07, 6.45) is 3.14. The van der Waals surface area contributed by atoms with Crippen molar-refractivity contribution in [2.24, 2.45) is 5.92 Å². The van der Waals surface area contributed by atoms with Crippen LogP contribution in [0, 0.1) is 12.8 Å². The van der Waals surface area contributed by atoms with Crippen LogP contribution in [0.5, 0.6) is 0 Å². The van der Waals surface area contributed by atoms with Gasteiger partial charge in [-0.25, -0.2) is 0 Å². The maximum Gasteiger partial charge on any atom is 0.324 e. The van der Waals surface area contributed by atoms with Crippen LogP contribution >= 0.6 is 0 Å². The van der Waals surface area contributed by atoms with Crippen LogP contribution in [-0.2, 0) is 26.2 Å². The average molecular weight is 270 g/mol. The normalized spacial score (nSPS) is 27.6. The molecule has 0 saturated heterocycles. The number of ketones is 1. The second kappa shape index (κ2) is 4.30. The fourth-order valence-electron chi connectivity index (χ4n) is 3.73. The lowest BCUT2D eigenvalue weighted by Crippen LogP contribution is -2.53. The van der Waals surface area contributed by atoms with Crippen LogP contribution in [0.3, 0.4) is 0 Å². The van der Waals surface area contributed by atoms with E-state index >= 15 is 0 Å². The molecule has 0 amide bonds. The fourth-order valence-corrected chi connectivity index (χ4v) is 3.73. The van der Waals surface area contributed by atoms with Gasteiger partial charge in [0.2, 0.25) is 0 Å². The van der Waals surface area contributed by atoms with Gasteiger partial charge >= 0.3 is 5.97 Å². The molecule has 0 unspecified atom stereocenters. The first-order chi connectivity index (χ1) is 9.50. The molecular formula is C17H18O3. The molecule has 3 rings (SSSR count). The van der Waals surface area contributed by atoms with Crippen molar-refractivity contribution in [2.45, 2.75) is 32.1 Å². The number of carbonyl (C=O) groups is 2. The summed E-state index contributed by atoms with van der Waals surface area (Å²) in [6.45, 7) is 4.02. The Balaban J connectivity index is 2.32. The van der Waals surface area contributed by atoms with Crippen LogP contribution in [0.2, 0.25) is 0 Å². The molecule has 104 valence electrons. The monoisotopic (exact) mass is 270 g/mol. The Morgan fingerprint density at radius 1 is 1.35 bits per heavy atom. The third kappa shape index (κ3) is 1.52. The van der Waals surface area contributed by atoms with Crippen molar-refractivity contribution in [3.63, 3.8) is 0 Å². The Bertz CT molecular complexity index is 642. The second-order valence-electron chi connectivity index (χ2n) is 5.86. The number of hydrogen-bond donors (Lipinski definition) is 0. The summed E-state index contributed by atoms with van der Waals surface area (Å²) >= 11 is 0. The third-order valence-electron chi connectivity index (χ3n) is 4.62. The zero-order chi connectivity index (χ0) is 14.5. The van der Waals surface area contributed by atoms with E-state index in [1.54, 1.807) is 0 Å². The summed E-state index contributed by atoms with van der Waals surface area (Å²) in [7, 11) is 1.36. The molecule has 0 saturated carbocycles. The summed E-state index contributed by atoms with van der Waals surface area (Å²) in [5.74, 6) is -0.629. The fraction of sp³-hybridized carbons (Fsp3) is 0.412. The number of methoxy groups -OCH3 is 1.